The van der Waals surface area contributed by atoms with Crippen molar-refractivity contribution in [2.75, 3.05) is 22.5 Å². The van der Waals surface area contributed by atoms with Crippen LogP contribution in [0.25, 0.3) is 0 Å². The zero-order chi connectivity index (χ0) is 17.1. The van der Waals surface area contributed by atoms with Crippen LogP contribution in [0, 0.1) is 0 Å². The van der Waals surface area contributed by atoms with Crippen LogP contribution in [0.1, 0.15) is 36.5 Å². The number of rotatable bonds is 3. The predicted molar refractivity (Wildman–Crippen MR) is 101 cm³/mol. The number of nitrogens with one attached hydrogen (secondary N) is 1. The van der Waals surface area contributed by atoms with Gasteiger partial charge < -0.3 is 16.0 Å². The number of hydrogen-bond acceptors (Lipinski definition) is 3. The second kappa shape index (κ2) is 7.14. The monoisotopic (exact) mass is 343 g/mol. The van der Waals surface area contributed by atoms with E-state index in [1.807, 2.05) is 18.2 Å². The number of carbonyl (C=O) groups excluding carboxylic acids is 1. The van der Waals surface area contributed by atoms with Crippen molar-refractivity contribution in [2.45, 2.75) is 32.2 Å². The van der Waals surface area contributed by atoms with E-state index in [-0.39, 0.29) is 5.91 Å². The van der Waals surface area contributed by atoms with E-state index in [1.54, 1.807) is 24.3 Å². The number of nitrogens with zero attached hydrogens (tertiary/aromatic N) is 1. The van der Waals surface area contributed by atoms with E-state index in [0.717, 1.165) is 12.2 Å². The first-order valence-corrected chi connectivity index (χ1v) is 8.65. The average molecular weight is 344 g/mol. The highest BCUT2D eigenvalue weighted by Crippen LogP contribution is 2.31. The molecule has 0 bridgehead atoms. The molecule has 3 rings (SSSR count). The number of hydrogen-bond donors (Lipinski definition) is 2. The van der Waals surface area contributed by atoms with E-state index in [2.05, 4.69) is 17.1 Å². The predicted octanol–water partition coefficient (Wildman–Crippen LogP) is 4.55. The number of halogens is 1. The quantitative estimate of drug-likeness (QED) is 0.803. The first-order chi connectivity index (χ1) is 11.5. The van der Waals surface area contributed by atoms with Crippen LogP contribution >= 0.6 is 11.6 Å². The maximum atomic E-state index is 12.3. The number of anilines is 3. The molecular formula is C19H22ClN3O. The topological polar surface area (TPSA) is 58.4 Å². The smallest absolute Gasteiger partial charge is 0.255 e. The normalized spacial score (nSPS) is 17.6. The lowest BCUT2D eigenvalue weighted by Gasteiger charge is -2.36. The molecule has 4 nitrogen and oxygen atoms in total. The van der Waals surface area contributed by atoms with Gasteiger partial charge in [0, 0.05) is 28.9 Å². The van der Waals surface area contributed by atoms with Crippen LogP contribution in [0.15, 0.2) is 42.5 Å². The highest BCUT2D eigenvalue weighted by molar-refractivity contribution is 6.30. The summed E-state index contributed by atoms with van der Waals surface area (Å²) in [5.41, 5.74) is 9.24. The minimum atomic E-state index is -0.176. The van der Waals surface area contributed by atoms with E-state index >= 15 is 0 Å². The van der Waals surface area contributed by atoms with Crippen LogP contribution < -0.4 is 16.0 Å². The SMILES string of the molecule is C[C@H]1CCCCN1c1ccc(NC(=O)c2ccc(Cl)cc2)cc1N. The van der Waals surface area contributed by atoms with Gasteiger partial charge in [0.15, 0.2) is 0 Å². The van der Waals surface area contributed by atoms with Crippen molar-refractivity contribution in [1.29, 1.82) is 0 Å². The molecule has 2 aromatic carbocycles. The number of amides is 1. The molecule has 0 saturated carbocycles. The second-order valence-electron chi connectivity index (χ2n) is 6.27. The molecule has 24 heavy (non-hydrogen) atoms. The van der Waals surface area contributed by atoms with E-state index < -0.39 is 0 Å². The summed E-state index contributed by atoms with van der Waals surface area (Å²) in [6.45, 7) is 3.26. The minimum Gasteiger partial charge on any atom is -0.397 e. The van der Waals surface area contributed by atoms with Gasteiger partial charge in [-0.25, -0.2) is 0 Å². The molecule has 5 heteroatoms. The Bertz CT molecular complexity index is 730. The van der Waals surface area contributed by atoms with Gasteiger partial charge in [-0.15, -0.1) is 0 Å². The van der Waals surface area contributed by atoms with E-state index in [1.165, 1.54) is 19.3 Å². The van der Waals surface area contributed by atoms with Crippen molar-refractivity contribution >= 4 is 34.6 Å². The Kier molecular flexibility index (Phi) is 4.95. The molecule has 0 unspecified atom stereocenters. The van der Waals surface area contributed by atoms with E-state index in [9.17, 15) is 4.79 Å². The molecule has 0 aliphatic carbocycles. The molecule has 1 aliphatic heterocycles. The summed E-state index contributed by atoms with van der Waals surface area (Å²) in [4.78, 5) is 14.6. The van der Waals surface area contributed by atoms with Gasteiger partial charge in [0.25, 0.3) is 5.91 Å². The Balaban J connectivity index is 1.74. The van der Waals surface area contributed by atoms with Crippen molar-refractivity contribution in [1.82, 2.24) is 0 Å². The number of carbonyl (C=O) groups is 1. The Hall–Kier alpha value is -2.20. The molecule has 3 N–H and O–H groups in total. The summed E-state index contributed by atoms with van der Waals surface area (Å²) in [6.07, 6.45) is 3.65. The fraction of sp³-hybridized carbons (Fsp3) is 0.316. The largest absolute Gasteiger partial charge is 0.397 e. The highest BCUT2D eigenvalue weighted by atomic mass is 35.5. The third kappa shape index (κ3) is 3.65. The molecule has 1 fully saturated rings. The molecule has 126 valence electrons. The standard InChI is InChI=1S/C19H22ClN3O/c1-13-4-2-3-11-23(13)18-10-9-16(12-17(18)21)22-19(24)14-5-7-15(20)8-6-14/h5-10,12-13H,2-4,11,21H2,1H3,(H,22,24)/t13-/m0/s1. The number of piperidine rings is 1. The Morgan fingerprint density at radius 2 is 1.96 bits per heavy atom. The Morgan fingerprint density at radius 3 is 2.62 bits per heavy atom. The van der Waals surface area contributed by atoms with E-state index in [4.69, 9.17) is 17.3 Å². The molecular weight excluding hydrogens is 322 g/mol. The van der Waals surface area contributed by atoms with Gasteiger partial charge in [-0.2, -0.15) is 0 Å². The first-order valence-electron chi connectivity index (χ1n) is 8.27. The summed E-state index contributed by atoms with van der Waals surface area (Å²) >= 11 is 5.85. The first kappa shape index (κ1) is 16.7. The lowest BCUT2D eigenvalue weighted by molar-refractivity contribution is 0.102. The van der Waals surface area contributed by atoms with Crippen LogP contribution in [-0.4, -0.2) is 18.5 Å². The molecule has 0 radical (unpaired) electrons. The van der Waals surface area contributed by atoms with Gasteiger partial charge >= 0.3 is 0 Å². The molecule has 1 saturated heterocycles. The van der Waals surface area contributed by atoms with Crippen LogP contribution in [0.4, 0.5) is 17.1 Å². The molecule has 1 atom stereocenters. The van der Waals surface area contributed by atoms with Crippen LogP contribution in [0.2, 0.25) is 5.02 Å². The molecule has 2 aromatic rings. The average Bonchev–Trinajstić information content (AvgIpc) is 2.56. The highest BCUT2D eigenvalue weighted by Gasteiger charge is 2.20. The Morgan fingerprint density at radius 1 is 1.21 bits per heavy atom. The van der Waals surface area contributed by atoms with Gasteiger partial charge in [-0.3, -0.25) is 4.79 Å². The molecule has 0 spiro atoms. The third-order valence-electron chi connectivity index (χ3n) is 4.50. The number of benzene rings is 2. The summed E-state index contributed by atoms with van der Waals surface area (Å²) < 4.78 is 0. The maximum absolute atomic E-state index is 12.3. The fourth-order valence-corrected chi connectivity index (χ4v) is 3.28. The molecule has 0 aromatic heterocycles. The van der Waals surface area contributed by atoms with Gasteiger partial charge in [-0.05, 0) is 68.7 Å². The van der Waals surface area contributed by atoms with Gasteiger partial charge in [0.2, 0.25) is 0 Å². The van der Waals surface area contributed by atoms with Crippen LogP contribution in [0.3, 0.4) is 0 Å². The van der Waals surface area contributed by atoms with Gasteiger partial charge in [0.1, 0.15) is 0 Å². The lowest BCUT2D eigenvalue weighted by Crippen LogP contribution is -2.37. The molecule has 1 amide bonds. The molecule has 1 heterocycles. The minimum absolute atomic E-state index is 0.176. The number of nitrogen functional groups attached to an aromatic ring is 1. The zero-order valence-electron chi connectivity index (χ0n) is 13.8. The van der Waals surface area contributed by atoms with Crippen molar-refractivity contribution in [3.8, 4) is 0 Å². The van der Waals surface area contributed by atoms with Crippen LogP contribution in [0.5, 0.6) is 0 Å². The van der Waals surface area contributed by atoms with Crippen LogP contribution in [-0.2, 0) is 0 Å². The summed E-state index contributed by atoms with van der Waals surface area (Å²) in [5.74, 6) is -0.176. The maximum Gasteiger partial charge on any atom is 0.255 e. The third-order valence-corrected chi connectivity index (χ3v) is 4.76. The Labute approximate surface area is 147 Å². The van der Waals surface area contributed by atoms with Gasteiger partial charge in [-0.1, -0.05) is 11.6 Å². The van der Waals surface area contributed by atoms with E-state index in [0.29, 0.717) is 28.0 Å². The zero-order valence-corrected chi connectivity index (χ0v) is 14.5. The second-order valence-corrected chi connectivity index (χ2v) is 6.71. The van der Waals surface area contributed by atoms with Gasteiger partial charge in [0.05, 0.1) is 11.4 Å². The number of nitrogens with two attached hydrogens (primary N) is 1. The lowest BCUT2D eigenvalue weighted by atomic mass is 10.0. The van der Waals surface area contributed by atoms with Crippen molar-refractivity contribution < 1.29 is 4.79 Å². The van der Waals surface area contributed by atoms with Crippen molar-refractivity contribution in [2.24, 2.45) is 0 Å². The van der Waals surface area contributed by atoms with Crippen molar-refractivity contribution in [3.05, 3.63) is 53.1 Å². The van der Waals surface area contributed by atoms with Crippen molar-refractivity contribution in [3.63, 3.8) is 0 Å². The summed E-state index contributed by atoms with van der Waals surface area (Å²) in [6, 6.07) is 13.0. The molecule has 1 aliphatic rings. The summed E-state index contributed by atoms with van der Waals surface area (Å²) in [5, 5.41) is 3.49. The summed E-state index contributed by atoms with van der Waals surface area (Å²) in [7, 11) is 0. The fourth-order valence-electron chi connectivity index (χ4n) is 3.15.